The molecule has 0 aromatic heterocycles. The van der Waals surface area contributed by atoms with E-state index in [1.165, 1.54) is 32.8 Å². The van der Waals surface area contributed by atoms with E-state index >= 15 is 0 Å². The molecule has 2 aliphatic carbocycles. The van der Waals surface area contributed by atoms with E-state index in [1.54, 1.807) is 0 Å². The number of methoxy groups -OCH3 is 1. The molecule has 2 fully saturated rings. The summed E-state index contributed by atoms with van der Waals surface area (Å²) < 4.78 is 10.6. The van der Waals surface area contributed by atoms with Gasteiger partial charge in [0.15, 0.2) is 0 Å². The minimum atomic E-state index is -0.138. The Morgan fingerprint density at radius 1 is 1.42 bits per heavy atom. The van der Waals surface area contributed by atoms with E-state index in [-0.39, 0.29) is 12.0 Å². The normalized spacial score (nSPS) is 30.1. The average molecular weight is 269 g/mol. The van der Waals surface area contributed by atoms with Crippen LogP contribution in [0, 0.1) is 5.41 Å². The quantitative estimate of drug-likeness (QED) is 0.751. The highest BCUT2D eigenvalue weighted by Gasteiger charge is 2.56. The van der Waals surface area contributed by atoms with Gasteiger partial charge in [0, 0.05) is 24.1 Å². The lowest BCUT2D eigenvalue weighted by Crippen LogP contribution is -2.64. The van der Waals surface area contributed by atoms with Crippen LogP contribution in [0.2, 0.25) is 0 Å². The molecule has 0 aromatic rings. The van der Waals surface area contributed by atoms with Crippen molar-refractivity contribution in [2.45, 2.75) is 70.6 Å². The first-order valence-corrected chi connectivity index (χ1v) is 7.57. The number of rotatable bonds is 6. The summed E-state index contributed by atoms with van der Waals surface area (Å²) in [5.74, 6) is -0.138. The third kappa shape index (κ3) is 2.95. The second kappa shape index (κ2) is 6.23. The van der Waals surface area contributed by atoms with Crippen LogP contribution < -0.4 is 5.32 Å². The van der Waals surface area contributed by atoms with Crippen molar-refractivity contribution in [2.24, 2.45) is 5.41 Å². The molecule has 4 nitrogen and oxygen atoms in total. The van der Waals surface area contributed by atoms with E-state index in [4.69, 9.17) is 9.47 Å². The molecule has 0 aromatic carbocycles. The first kappa shape index (κ1) is 14.8. The van der Waals surface area contributed by atoms with Crippen LogP contribution in [0.4, 0.5) is 0 Å². The summed E-state index contributed by atoms with van der Waals surface area (Å²) in [6, 6.07) is 0.684. The Morgan fingerprint density at radius 3 is 2.68 bits per heavy atom. The minimum Gasteiger partial charge on any atom is -0.469 e. The maximum absolute atomic E-state index is 11.3. The molecular formula is C15H27NO3. The van der Waals surface area contributed by atoms with Gasteiger partial charge in [-0.1, -0.05) is 12.8 Å². The van der Waals surface area contributed by atoms with E-state index in [0.29, 0.717) is 24.0 Å². The van der Waals surface area contributed by atoms with Gasteiger partial charge in [0.2, 0.25) is 0 Å². The maximum atomic E-state index is 11.3. The largest absolute Gasteiger partial charge is 0.469 e. The van der Waals surface area contributed by atoms with E-state index < -0.39 is 0 Å². The molecule has 2 saturated carbocycles. The Hall–Kier alpha value is -0.610. The van der Waals surface area contributed by atoms with Crippen molar-refractivity contribution >= 4 is 5.97 Å². The number of nitrogens with one attached hydrogen (secondary N) is 1. The molecule has 0 radical (unpaired) electrons. The van der Waals surface area contributed by atoms with Gasteiger partial charge in [-0.05, 0) is 33.1 Å². The second-order valence-corrected chi connectivity index (χ2v) is 6.02. The molecule has 4 heteroatoms. The van der Waals surface area contributed by atoms with Gasteiger partial charge in [-0.2, -0.15) is 0 Å². The summed E-state index contributed by atoms with van der Waals surface area (Å²) in [6.45, 7) is 4.94. The molecule has 3 unspecified atom stereocenters. The highest BCUT2D eigenvalue weighted by Crippen LogP contribution is 2.54. The average Bonchev–Trinajstić information content (AvgIpc) is 2.89. The van der Waals surface area contributed by atoms with Gasteiger partial charge in [0.05, 0.1) is 19.6 Å². The smallest absolute Gasteiger partial charge is 0.307 e. The van der Waals surface area contributed by atoms with Crippen molar-refractivity contribution in [3.8, 4) is 0 Å². The summed E-state index contributed by atoms with van der Waals surface area (Å²) >= 11 is 0. The van der Waals surface area contributed by atoms with E-state index in [0.717, 1.165) is 13.0 Å². The van der Waals surface area contributed by atoms with Gasteiger partial charge >= 0.3 is 5.97 Å². The Morgan fingerprint density at radius 2 is 2.11 bits per heavy atom. The molecule has 1 N–H and O–H groups in total. The van der Waals surface area contributed by atoms with Crippen molar-refractivity contribution < 1.29 is 14.3 Å². The SMILES string of the molecule is CCOC1CC(NC(C)CC(=O)OC)C12CCCC2. The number of esters is 1. The number of hydrogen-bond donors (Lipinski definition) is 1. The van der Waals surface area contributed by atoms with E-state index in [9.17, 15) is 4.79 Å². The van der Waals surface area contributed by atoms with Crippen LogP contribution in [-0.4, -0.2) is 37.9 Å². The van der Waals surface area contributed by atoms with Crippen LogP contribution >= 0.6 is 0 Å². The van der Waals surface area contributed by atoms with Crippen LogP contribution in [0.15, 0.2) is 0 Å². The highest BCUT2D eigenvalue weighted by atomic mass is 16.5. The van der Waals surface area contributed by atoms with Gasteiger partial charge in [-0.15, -0.1) is 0 Å². The van der Waals surface area contributed by atoms with Crippen LogP contribution in [0.3, 0.4) is 0 Å². The van der Waals surface area contributed by atoms with Crippen molar-refractivity contribution in [2.75, 3.05) is 13.7 Å². The molecule has 2 rings (SSSR count). The zero-order valence-corrected chi connectivity index (χ0v) is 12.4. The predicted molar refractivity (Wildman–Crippen MR) is 74.0 cm³/mol. The van der Waals surface area contributed by atoms with Crippen LogP contribution in [0.1, 0.15) is 52.4 Å². The zero-order chi connectivity index (χ0) is 13.9. The van der Waals surface area contributed by atoms with Crippen LogP contribution in [-0.2, 0) is 14.3 Å². The van der Waals surface area contributed by atoms with Crippen molar-refractivity contribution in [3.63, 3.8) is 0 Å². The molecule has 0 saturated heterocycles. The molecule has 1 spiro atoms. The molecule has 0 heterocycles. The first-order valence-electron chi connectivity index (χ1n) is 7.57. The topological polar surface area (TPSA) is 47.6 Å². The van der Waals surface area contributed by atoms with Crippen molar-refractivity contribution in [3.05, 3.63) is 0 Å². The molecule has 0 amide bonds. The third-order valence-electron chi connectivity index (χ3n) is 4.87. The zero-order valence-electron chi connectivity index (χ0n) is 12.4. The molecule has 2 aliphatic rings. The van der Waals surface area contributed by atoms with Crippen LogP contribution in [0.5, 0.6) is 0 Å². The highest BCUT2D eigenvalue weighted by molar-refractivity contribution is 5.69. The fraction of sp³-hybridized carbons (Fsp3) is 0.933. The number of carbonyl (C=O) groups excluding carboxylic acids is 1. The minimum absolute atomic E-state index is 0.138. The van der Waals surface area contributed by atoms with Crippen LogP contribution in [0.25, 0.3) is 0 Å². The summed E-state index contributed by atoms with van der Waals surface area (Å²) in [6.07, 6.45) is 7.10. The fourth-order valence-electron chi connectivity index (χ4n) is 3.86. The van der Waals surface area contributed by atoms with Gasteiger partial charge in [-0.25, -0.2) is 0 Å². The Bertz CT molecular complexity index is 313. The lowest BCUT2D eigenvalue weighted by Gasteiger charge is -2.55. The van der Waals surface area contributed by atoms with Crippen molar-refractivity contribution in [1.29, 1.82) is 0 Å². The molecule has 0 aliphatic heterocycles. The third-order valence-corrected chi connectivity index (χ3v) is 4.87. The number of ether oxygens (including phenoxy) is 2. The number of carbonyl (C=O) groups is 1. The summed E-state index contributed by atoms with van der Waals surface area (Å²) in [4.78, 5) is 11.3. The predicted octanol–water partition coefficient (Wildman–Crippen LogP) is 2.27. The molecule has 19 heavy (non-hydrogen) atoms. The van der Waals surface area contributed by atoms with Gasteiger partial charge in [-0.3, -0.25) is 4.79 Å². The summed E-state index contributed by atoms with van der Waals surface area (Å²) in [5.41, 5.74) is 0.334. The Balaban J connectivity index is 1.88. The standard InChI is InChI=1S/C15H27NO3/c1-4-19-13-10-12(15(13)7-5-6-8-15)16-11(2)9-14(17)18-3/h11-13,16H,4-10H2,1-3H3. The van der Waals surface area contributed by atoms with Crippen molar-refractivity contribution in [1.82, 2.24) is 5.32 Å². The molecule has 110 valence electrons. The van der Waals surface area contributed by atoms with Gasteiger partial charge in [0.25, 0.3) is 0 Å². The Labute approximate surface area is 116 Å². The molecule has 3 atom stereocenters. The second-order valence-electron chi connectivity index (χ2n) is 6.02. The van der Waals surface area contributed by atoms with E-state index in [1.807, 2.05) is 0 Å². The summed E-state index contributed by atoms with van der Waals surface area (Å²) in [5, 5.41) is 3.62. The maximum Gasteiger partial charge on any atom is 0.307 e. The first-order chi connectivity index (χ1) is 9.12. The monoisotopic (exact) mass is 269 g/mol. The Kier molecular flexibility index (Phi) is 4.85. The van der Waals surface area contributed by atoms with Gasteiger partial charge < -0.3 is 14.8 Å². The lowest BCUT2D eigenvalue weighted by atomic mass is 9.60. The number of hydrogen-bond acceptors (Lipinski definition) is 4. The molecular weight excluding hydrogens is 242 g/mol. The summed E-state index contributed by atoms with van der Waals surface area (Å²) in [7, 11) is 1.45. The fourth-order valence-corrected chi connectivity index (χ4v) is 3.86. The lowest BCUT2D eigenvalue weighted by molar-refractivity contribution is -0.143. The van der Waals surface area contributed by atoms with Gasteiger partial charge in [0.1, 0.15) is 0 Å². The molecule has 0 bridgehead atoms. The van der Waals surface area contributed by atoms with E-state index in [2.05, 4.69) is 19.2 Å².